The first kappa shape index (κ1) is 18.3. The van der Waals surface area contributed by atoms with Gasteiger partial charge in [0.05, 0.1) is 12.0 Å². The van der Waals surface area contributed by atoms with Crippen LogP contribution in [0.3, 0.4) is 0 Å². The molecular weight excluding hydrogens is 330 g/mol. The number of carbonyl (C=O) groups excluding carboxylic acids is 1. The van der Waals surface area contributed by atoms with E-state index in [4.69, 9.17) is 4.74 Å². The van der Waals surface area contributed by atoms with Crippen LogP contribution < -0.4 is 0 Å². The smallest absolute Gasteiger partial charge is 0.311 e. The summed E-state index contributed by atoms with van der Waals surface area (Å²) in [5.74, 6) is -0.183. The van der Waals surface area contributed by atoms with Gasteiger partial charge in [-0.25, -0.2) is 0 Å². The van der Waals surface area contributed by atoms with Gasteiger partial charge in [-0.2, -0.15) is 15.0 Å². The molecule has 1 aromatic heterocycles. The molecule has 0 amide bonds. The maximum absolute atomic E-state index is 12.1. The summed E-state index contributed by atoms with van der Waals surface area (Å²) >= 11 is 0. The molecule has 0 saturated carbocycles. The Kier molecular flexibility index (Phi) is 5.23. The lowest BCUT2D eigenvalue weighted by molar-refractivity contribution is -0.154. The lowest BCUT2D eigenvalue weighted by Crippen LogP contribution is -2.27. The minimum Gasteiger partial charge on any atom is -0.465 e. The van der Waals surface area contributed by atoms with Gasteiger partial charge in [-0.15, -0.1) is 0 Å². The Morgan fingerprint density at radius 1 is 1.27 bits per heavy atom. The van der Waals surface area contributed by atoms with Gasteiger partial charge in [-0.1, -0.05) is 37.3 Å². The molecule has 6 nitrogen and oxygen atoms in total. The van der Waals surface area contributed by atoms with Gasteiger partial charge >= 0.3 is 5.97 Å². The largest absolute Gasteiger partial charge is 0.465 e. The lowest BCUT2D eigenvalue weighted by atomic mass is 9.91. The van der Waals surface area contributed by atoms with E-state index in [0.717, 1.165) is 23.0 Å². The molecule has 1 aromatic carbocycles. The maximum Gasteiger partial charge on any atom is 0.311 e. The highest BCUT2D eigenvalue weighted by molar-refractivity contribution is 5.75. The van der Waals surface area contributed by atoms with Crippen LogP contribution in [-0.4, -0.2) is 38.8 Å². The fourth-order valence-electron chi connectivity index (χ4n) is 2.69. The van der Waals surface area contributed by atoms with Crippen molar-refractivity contribution in [1.29, 1.82) is 0 Å². The number of esters is 1. The van der Waals surface area contributed by atoms with Crippen molar-refractivity contribution in [3.05, 3.63) is 48.1 Å². The zero-order valence-corrected chi connectivity index (χ0v) is 15.4. The third-order valence-electron chi connectivity index (χ3n) is 4.87. The topological polar surface area (TPSA) is 77.2 Å². The second kappa shape index (κ2) is 7.41. The van der Waals surface area contributed by atoms with E-state index in [1.165, 1.54) is 0 Å². The van der Waals surface area contributed by atoms with Crippen molar-refractivity contribution in [2.75, 3.05) is 6.61 Å². The predicted molar refractivity (Wildman–Crippen MR) is 99.4 cm³/mol. The van der Waals surface area contributed by atoms with Crippen LogP contribution in [0.5, 0.6) is 0 Å². The van der Waals surface area contributed by atoms with Gasteiger partial charge in [0.2, 0.25) is 0 Å². The molecule has 2 unspecified atom stereocenters. The van der Waals surface area contributed by atoms with Crippen molar-refractivity contribution in [2.24, 2.45) is 5.41 Å². The monoisotopic (exact) mass is 355 g/mol. The van der Waals surface area contributed by atoms with Gasteiger partial charge in [0, 0.05) is 6.42 Å². The van der Waals surface area contributed by atoms with Crippen LogP contribution in [0.4, 0.5) is 0 Å². The normalized spacial score (nSPS) is 20.2. The zero-order chi connectivity index (χ0) is 18.7. The highest BCUT2D eigenvalue weighted by Crippen LogP contribution is 2.25. The van der Waals surface area contributed by atoms with E-state index < -0.39 is 11.5 Å². The molecule has 0 fully saturated rings. The summed E-state index contributed by atoms with van der Waals surface area (Å²) in [6.07, 6.45) is 6.16. The Morgan fingerprint density at radius 2 is 1.92 bits per heavy atom. The molecule has 3 rings (SSSR count). The van der Waals surface area contributed by atoms with E-state index in [0.29, 0.717) is 13.0 Å². The van der Waals surface area contributed by atoms with Crippen LogP contribution in [0, 0.1) is 5.41 Å². The number of carbonyl (C=O) groups is 1. The quantitative estimate of drug-likeness (QED) is 0.805. The number of nitrogens with zero attached hydrogens (tertiary/aromatic N) is 3. The molecule has 0 aliphatic heterocycles. The standard InChI is InChI=1S/C20H25N3O3/c1-4-20(2,3)19(25)26-12-11-14-9-10-18(24)17(13-14)23-21-15-7-5-6-8-16(15)22-23/h5-10,13,17-18,24H,4,11-12H2,1-3H3. The number of aliphatic hydroxyl groups excluding tert-OH is 1. The van der Waals surface area contributed by atoms with Crippen LogP contribution in [0.15, 0.2) is 48.1 Å². The third kappa shape index (κ3) is 3.85. The van der Waals surface area contributed by atoms with Crippen molar-refractivity contribution >= 4 is 17.0 Å². The van der Waals surface area contributed by atoms with E-state index in [1.54, 1.807) is 10.9 Å². The van der Waals surface area contributed by atoms with E-state index in [9.17, 15) is 9.90 Å². The van der Waals surface area contributed by atoms with Crippen LogP contribution in [-0.2, 0) is 9.53 Å². The summed E-state index contributed by atoms with van der Waals surface area (Å²) in [5.41, 5.74) is 2.11. The molecular formula is C20H25N3O3. The Morgan fingerprint density at radius 3 is 2.54 bits per heavy atom. The minimum atomic E-state index is -0.692. The average Bonchev–Trinajstić information content (AvgIpc) is 3.06. The third-order valence-corrected chi connectivity index (χ3v) is 4.87. The summed E-state index contributed by atoms with van der Waals surface area (Å²) < 4.78 is 5.40. The minimum absolute atomic E-state index is 0.183. The van der Waals surface area contributed by atoms with Gasteiger partial charge in [0.25, 0.3) is 0 Å². The molecule has 1 aliphatic rings. The Balaban J connectivity index is 1.68. The van der Waals surface area contributed by atoms with Crippen molar-refractivity contribution in [3.8, 4) is 0 Å². The van der Waals surface area contributed by atoms with Crippen molar-refractivity contribution in [3.63, 3.8) is 0 Å². The molecule has 138 valence electrons. The number of benzene rings is 1. The van der Waals surface area contributed by atoms with Gasteiger partial charge in [-0.3, -0.25) is 4.79 Å². The molecule has 2 aromatic rings. The van der Waals surface area contributed by atoms with Crippen molar-refractivity contribution in [2.45, 2.75) is 45.8 Å². The second-order valence-electron chi connectivity index (χ2n) is 7.21. The Labute approximate surface area is 153 Å². The summed E-state index contributed by atoms with van der Waals surface area (Å²) in [7, 11) is 0. The van der Waals surface area contributed by atoms with E-state index in [2.05, 4.69) is 10.2 Å². The highest BCUT2D eigenvalue weighted by Gasteiger charge is 2.27. The molecule has 26 heavy (non-hydrogen) atoms. The number of rotatable bonds is 6. The number of fused-ring (bicyclic) bond motifs is 1. The highest BCUT2D eigenvalue weighted by atomic mass is 16.5. The first-order chi connectivity index (χ1) is 12.4. The summed E-state index contributed by atoms with van der Waals surface area (Å²) in [5, 5.41) is 19.2. The Bertz CT molecular complexity index is 818. The maximum atomic E-state index is 12.1. The van der Waals surface area contributed by atoms with Crippen LogP contribution >= 0.6 is 0 Å². The molecule has 0 spiro atoms. The molecule has 1 N–H and O–H groups in total. The van der Waals surface area contributed by atoms with Gasteiger partial charge in [0.15, 0.2) is 0 Å². The van der Waals surface area contributed by atoms with Gasteiger partial charge < -0.3 is 9.84 Å². The fraction of sp³-hybridized carbons (Fsp3) is 0.450. The average molecular weight is 355 g/mol. The number of aliphatic hydroxyl groups is 1. The van der Waals surface area contributed by atoms with Gasteiger partial charge in [0.1, 0.15) is 23.2 Å². The number of hydrogen-bond acceptors (Lipinski definition) is 5. The summed E-state index contributed by atoms with van der Waals surface area (Å²) in [4.78, 5) is 13.6. The fourth-order valence-corrected chi connectivity index (χ4v) is 2.69. The van der Waals surface area contributed by atoms with E-state index >= 15 is 0 Å². The van der Waals surface area contributed by atoms with Crippen molar-refractivity contribution < 1.29 is 14.6 Å². The zero-order valence-electron chi connectivity index (χ0n) is 15.4. The molecule has 2 atom stereocenters. The summed E-state index contributed by atoms with van der Waals surface area (Å²) in [6.45, 7) is 6.06. The van der Waals surface area contributed by atoms with Crippen LogP contribution in [0.2, 0.25) is 0 Å². The first-order valence-electron chi connectivity index (χ1n) is 8.96. The van der Waals surface area contributed by atoms with Crippen molar-refractivity contribution in [1.82, 2.24) is 15.0 Å². The summed E-state index contributed by atoms with van der Waals surface area (Å²) in [6, 6.07) is 7.23. The number of ether oxygens (including phenoxy) is 1. The predicted octanol–water partition coefficient (Wildman–Crippen LogP) is 3.20. The molecule has 1 aliphatic carbocycles. The SMILES string of the molecule is CCC(C)(C)C(=O)OCCC1=CC(n2nc3ccccc3n2)C(O)C=C1. The molecule has 0 radical (unpaired) electrons. The van der Waals surface area contributed by atoms with E-state index in [1.807, 2.05) is 57.2 Å². The number of aromatic nitrogens is 3. The number of allylic oxidation sites excluding steroid dienone is 1. The lowest BCUT2D eigenvalue weighted by Gasteiger charge is -2.22. The second-order valence-corrected chi connectivity index (χ2v) is 7.21. The molecule has 0 bridgehead atoms. The van der Waals surface area contributed by atoms with Gasteiger partial charge in [-0.05, 0) is 38.0 Å². The van der Waals surface area contributed by atoms with Crippen LogP contribution in [0.25, 0.3) is 11.0 Å². The number of hydrogen-bond donors (Lipinski definition) is 1. The first-order valence-corrected chi connectivity index (χ1v) is 8.96. The Hall–Kier alpha value is -2.47. The van der Waals surface area contributed by atoms with Crippen LogP contribution in [0.1, 0.15) is 39.7 Å². The molecule has 6 heteroatoms. The molecule has 0 saturated heterocycles. The van der Waals surface area contributed by atoms with E-state index in [-0.39, 0.29) is 12.0 Å². The molecule has 1 heterocycles.